The smallest absolute Gasteiger partial charge is 0.0640 e. The molecule has 5 unspecified atom stereocenters. The Hall–Kier alpha value is -0.0800. The van der Waals surface area contributed by atoms with Crippen molar-refractivity contribution in [2.75, 3.05) is 0 Å². The lowest BCUT2D eigenvalue weighted by molar-refractivity contribution is -0.0839. The normalized spacial score (nSPS) is 52.2. The molecule has 0 aromatic carbocycles. The number of hydrogen-bond acceptors (Lipinski definition) is 2. The number of hydrogen-bond donors (Lipinski definition) is 1. The van der Waals surface area contributed by atoms with Crippen molar-refractivity contribution in [3.8, 4) is 0 Å². The second-order valence-corrected chi connectivity index (χ2v) is 7.43. The SMILES string of the molecule is CC1(C)C2CCC1(C)C(OC1CCC(N)C1)C2. The maximum absolute atomic E-state index is 6.44. The molecule has 2 bridgehead atoms. The van der Waals surface area contributed by atoms with Gasteiger partial charge in [-0.1, -0.05) is 20.8 Å². The van der Waals surface area contributed by atoms with Crippen LogP contribution in [0, 0.1) is 16.7 Å². The predicted molar refractivity (Wildman–Crippen MR) is 69.7 cm³/mol. The Labute approximate surface area is 105 Å². The fourth-order valence-electron chi connectivity index (χ4n) is 4.67. The average Bonchev–Trinajstić information content (AvgIpc) is 2.80. The Morgan fingerprint density at radius 2 is 1.82 bits per heavy atom. The largest absolute Gasteiger partial charge is 0.374 e. The molecule has 0 aromatic rings. The van der Waals surface area contributed by atoms with Gasteiger partial charge >= 0.3 is 0 Å². The van der Waals surface area contributed by atoms with E-state index in [2.05, 4.69) is 20.8 Å². The van der Waals surface area contributed by atoms with Crippen molar-refractivity contribution in [3.05, 3.63) is 0 Å². The molecule has 0 radical (unpaired) electrons. The van der Waals surface area contributed by atoms with Gasteiger partial charge in [0.1, 0.15) is 0 Å². The molecular weight excluding hydrogens is 210 g/mol. The summed E-state index contributed by atoms with van der Waals surface area (Å²) in [6.45, 7) is 7.36. The van der Waals surface area contributed by atoms with E-state index in [9.17, 15) is 0 Å². The first-order chi connectivity index (χ1) is 7.93. The lowest BCUT2D eigenvalue weighted by Crippen LogP contribution is -2.39. The molecule has 0 heterocycles. The molecule has 0 aliphatic heterocycles. The highest BCUT2D eigenvalue weighted by Crippen LogP contribution is 2.66. The number of fused-ring (bicyclic) bond motifs is 2. The minimum Gasteiger partial charge on any atom is -0.374 e. The summed E-state index contributed by atoms with van der Waals surface area (Å²) in [4.78, 5) is 0. The molecule has 0 amide bonds. The summed E-state index contributed by atoms with van der Waals surface area (Å²) in [5.41, 5.74) is 6.86. The monoisotopic (exact) mass is 237 g/mol. The first-order valence-electron chi connectivity index (χ1n) is 7.34. The zero-order chi connectivity index (χ0) is 12.3. The summed E-state index contributed by atoms with van der Waals surface area (Å²) in [5, 5.41) is 0. The summed E-state index contributed by atoms with van der Waals surface area (Å²) in [6.07, 6.45) is 8.41. The minimum atomic E-state index is 0.388. The van der Waals surface area contributed by atoms with Crippen molar-refractivity contribution >= 4 is 0 Å². The van der Waals surface area contributed by atoms with E-state index in [0.717, 1.165) is 18.8 Å². The molecule has 3 saturated carbocycles. The van der Waals surface area contributed by atoms with Crippen LogP contribution in [0.4, 0.5) is 0 Å². The van der Waals surface area contributed by atoms with Gasteiger partial charge in [-0.05, 0) is 55.3 Å². The number of ether oxygens (including phenoxy) is 1. The maximum atomic E-state index is 6.44. The van der Waals surface area contributed by atoms with Gasteiger partial charge in [-0.2, -0.15) is 0 Å². The van der Waals surface area contributed by atoms with Crippen LogP contribution in [0.15, 0.2) is 0 Å². The van der Waals surface area contributed by atoms with Gasteiger partial charge in [0.05, 0.1) is 12.2 Å². The third kappa shape index (κ3) is 1.60. The van der Waals surface area contributed by atoms with E-state index in [-0.39, 0.29) is 0 Å². The van der Waals surface area contributed by atoms with Crippen molar-refractivity contribution in [2.45, 2.75) is 77.5 Å². The Bertz CT molecular complexity index is 314. The van der Waals surface area contributed by atoms with Crippen LogP contribution in [-0.4, -0.2) is 18.2 Å². The Morgan fingerprint density at radius 3 is 2.29 bits per heavy atom. The summed E-state index contributed by atoms with van der Waals surface area (Å²) in [7, 11) is 0. The summed E-state index contributed by atoms with van der Waals surface area (Å²) in [6, 6.07) is 0.388. The van der Waals surface area contributed by atoms with Crippen molar-refractivity contribution in [1.29, 1.82) is 0 Å². The molecule has 2 N–H and O–H groups in total. The third-order valence-electron chi connectivity index (χ3n) is 6.50. The summed E-state index contributed by atoms with van der Waals surface area (Å²) >= 11 is 0. The van der Waals surface area contributed by atoms with E-state index in [1.165, 1.54) is 25.7 Å². The van der Waals surface area contributed by atoms with Crippen molar-refractivity contribution < 1.29 is 4.74 Å². The van der Waals surface area contributed by atoms with Crippen LogP contribution in [0.1, 0.15) is 59.3 Å². The van der Waals surface area contributed by atoms with Crippen LogP contribution in [0.5, 0.6) is 0 Å². The molecule has 0 aromatic heterocycles. The van der Waals surface area contributed by atoms with Crippen molar-refractivity contribution in [1.82, 2.24) is 0 Å². The summed E-state index contributed by atoms with van der Waals surface area (Å²) in [5.74, 6) is 0.882. The van der Waals surface area contributed by atoms with Crippen LogP contribution in [0.2, 0.25) is 0 Å². The highest BCUT2D eigenvalue weighted by Gasteiger charge is 2.62. The van der Waals surface area contributed by atoms with Gasteiger partial charge in [0, 0.05) is 6.04 Å². The maximum Gasteiger partial charge on any atom is 0.0640 e. The lowest BCUT2D eigenvalue weighted by atomic mass is 9.70. The summed E-state index contributed by atoms with van der Waals surface area (Å²) < 4.78 is 6.44. The Balaban J connectivity index is 1.70. The van der Waals surface area contributed by atoms with Crippen LogP contribution in [0.25, 0.3) is 0 Å². The van der Waals surface area contributed by atoms with Gasteiger partial charge in [-0.3, -0.25) is 0 Å². The van der Waals surface area contributed by atoms with Gasteiger partial charge in [-0.15, -0.1) is 0 Å². The van der Waals surface area contributed by atoms with Crippen molar-refractivity contribution in [2.24, 2.45) is 22.5 Å². The zero-order valence-corrected chi connectivity index (χ0v) is 11.5. The fraction of sp³-hybridized carbons (Fsp3) is 1.00. The highest BCUT2D eigenvalue weighted by atomic mass is 16.5. The highest BCUT2D eigenvalue weighted by molar-refractivity contribution is 5.11. The van der Waals surface area contributed by atoms with Gasteiger partial charge in [-0.25, -0.2) is 0 Å². The van der Waals surface area contributed by atoms with Crippen LogP contribution >= 0.6 is 0 Å². The van der Waals surface area contributed by atoms with Crippen molar-refractivity contribution in [3.63, 3.8) is 0 Å². The van der Waals surface area contributed by atoms with E-state index in [1.54, 1.807) is 0 Å². The van der Waals surface area contributed by atoms with Crippen LogP contribution in [-0.2, 0) is 4.74 Å². The topological polar surface area (TPSA) is 35.2 Å². The molecule has 3 aliphatic rings. The molecule has 98 valence electrons. The van der Waals surface area contributed by atoms with Crippen LogP contribution < -0.4 is 5.73 Å². The molecule has 3 rings (SSSR count). The number of rotatable bonds is 2. The molecular formula is C15H27NO. The van der Waals surface area contributed by atoms with E-state index in [1.807, 2.05) is 0 Å². The second-order valence-electron chi connectivity index (χ2n) is 7.43. The Kier molecular flexibility index (Phi) is 2.61. The van der Waals surface area contributed by atoms with Crippen LogP contribution in [0.3, 0.4) is 0 Å². The quantitative estimate of drug-likeness (QED) is 0.801. The zero-order valence-electron chi connectivity index (χ0n) is 11.5. The third-order valence-corrected chi connectivity index (χ3v) is 6.50. The molecule has 5 atom stereocenters. The first kappa shape index (κ1) is 12.0. The standard InChI is InChI=1S/C15H27NO/c1-14(2)10-6-7-15(14,3)13(8-10)17-12-5-4-11(16)9-12/h10-13H,4-9,16H2,1-3H3. The van der Waals surface area contributed by atoms with E-state index < -0.39 is 0 Å². The number of nitrogens with two attached hydrogens (primary N) is 1. The molecule has 0 saturated heterocycles. The molecule has 2 heteroatoms. The molecule has 17 heavy (non-hydrogen) atoms. The minimum absolute atomic E-state index is 0.388. The second kappa shape index (κ2) is 3.71. The lowest BCUT2D eigenvalue weighted by Gasteiger charge is -2.40. The average molecular weight is 237 g/mol. The Morgan fingerprint density at radius 1 is 1.06 bits per heavy atom. The van der Waals surface area contributed by atoms with Gasteiger partial charge < -0.3 is 10.5 Å². The first-order valence-corrected chi connectivity index (χ1v) is 7.34. The molecule has 2 nitrogen and oxygen atoms in total. The molecule has 3 fully saturated rings. The van der Waals surface area contributed by atoms with Gasteiger partial charge in [0.2, 0.25) is 0 Å². The molecule has 0 spiro atoms. The van der Waals surface area contributed by atoms with E-state index in [0.29, 0.717) is 29.1 Å². The predicted octanol–water partition coefficient (Wildman–Crippen LogP) is 3.10. The molecule has 3 aliphatic carbocycles. The van der Waals surface area contributed by atoms with Gasteiger partial charge in [0.15, 0.2) is 0 Å². The van der Waals surface area contributed by atoms with Gasteiger partial charge in [0.25, 0.3) is 0 Å². The van der Waals surface area contributed by atoms with E-state index in [4.69, 9.17) is 10.5 Å². The van der Waals surface area contributed by atoms with E-state index >= 15 is 0 Å². The fourth-order valence-corrected chi connectivity index (χ4v) is 4.67.